The van der Waals surface area contributed by atoms with Gasteiger partial charge in [0.15, 0.2) is 0 Å². The number of hydrogen-bond donors (Lipinski definition) is 2. The van der Waals surface area contributed by atoms with Crippen molar-refractivity contribution in [3.8, 4) is 0 Å². The lowest BCUT2D eigenvalue weighted by molar-refractivity contribution is -0.125. The Bertz CT molecular complexity index is 570. The van der Waals surface area contributed by atoms with Gasteiger partial charge in [0.2, 0.25) is 5.91 Å². The maximum Gasteiger partial charge on any atom is 0.245 e. The second kappa shape index (κ2) is 6.84. The Morgan fingerprint density at radius 1 is 1.15 bits per heavy atom. The number of nitrogens with two attached hydrogens (primary N) is 1. The molecule has 0 fully saturated rings. The van der Waals surface area contributed by atoms with Crippen molar-refractivity contribution in [3.05, 3.63) is 71.3 Å². The standard InChI is InChI=1S/C16H18N2O2/c1-12-7-5-6-10-14(12)16(18-20-11-15(17)19)13-8-3-2-4-9-13/h2-10,16,18H,11H2,1H3,(H2,17,19). The Morgan fingerprint density at radius 2 is 1.80 bits per heavy atom. The van der Waals surface area contributed by atoms with Crippen molar-refractivity contribution < 1.29 is 9.63 Å². The monoisotopic (exact) mass is 270 g/mol. The van der Waals surface area contributed by atoms with E-state index in [-0.39, 0.29) is 12.6 Å². The molecular weight excluding hydrogens is 252 g/mol. The minimum absolute atomic E-state index is 0.142. The molecule has 0 saturated heterocycles. The summed E-state index contributed by atoms with van der Waals surface area (Å²) in [6.45, 7) is 1.89. The van der Waals surface area contributed by atoms with E-state index in [2.05, 4.69) is 5.48 Å². The van der Waals surface area contributed by atoms with Crippen LogP contribution >= 0.6 is 0 Å². The lowest BCUT2D eigenvalue weighted by Gasteiger charge is -2.20. The van der Waals surface area contributed by atoms with Crippen LogP contribution in [0.15, 0.2) is 54.6 Å². The Hall–Kier alpha value is -2.17. The molecule has 1 atom stereocenters. The normalized spacial score (nSPS) is 12.1. The van der Waals surface area contributed by atoms with Crippen LogP contribution in [0.3, 0.4) is 0 Å². The minimum Gasteiger partial charge on any atom is -0.368 e. The van der Waals surface area contributed by atoms with Gasteiger partial charge in [0.1, 0.15) is 6.61 Å². The average molecular weight is 270 g/mol. The fraction of sp³-hybridized carbons (Fsp3) is 0.188. The summed E-state index contributed by atoms with van der Waals surface area (Å²) >= 11 is 0. The lowest BCUT2D eigenvalue weighted by Crippen LogP contribution is -2.28. The first kappa shape index (κ1) is 14.2. The highest BCUT2D eigenvalue weighted by atomic mass is 16.6. The molecule has 0 bridgehead atoms. The third-order valence-corrected chi connectivity index (χ3v) is 3.05. The van der Waals surface area contributed by atoms with Gasteiger partial charge in [0, 0.05) is 0 Å². The van der Waals surface area contributed by atoms with Crippen LogP contribution in [0, 0.1) is 6.92 Å². The maximum absolute atomic E-state index is 10.8. The smallest absolute Gasteiger partial charge is 0.245 e. The fourth-order valence-electron chi connectivity index (χ4n) is 2.06. The number of rotatable bonds is 6. The van der Waals surface area contributed by atoms with Crippen molar-refractivity contribution in [3.63, 3.8) is 0 Å². The second-order valence-electron chi connectivity index (χ2n) is 4.57. The summed E-state index contributed by atoms with van der Waals surface area (Å²) in [5.41, 5.74) is 11.3. The van der Waals surface area contributed by atoms with Gasteiger partial charge in [-0.3, -0.25) is 9.63 Å². The van der Waals surface area contributed by atoms with E-state index in [9.17, 15) is 4.79 Å². The molecule has 20 heavy (non-hydrogen) atoms. The predicted molar refractivity (Wildman–Crippen MR) is 77.7 cm³/mol. The average Bonchev–Trinajstić information content (AvgIpc) is 2.45. The van der Waals surface area contributed by atoms with Crippen LogP contribution < -0.4 is 11.2 Å². The number of hydrogen-bond acceptors (Lipinski definition) is 3. The summed E-state index contributed by atoms with van der Waals surface area (Å²) in [4.78, 5) is 16.0. The molecule has 1 unspecified atom stereocenters. The number of carbonyl (C=O) groups is 1. The van der Waals surface area contributed by atoms with Crippen molar-refractivity contribution in [1.82, 2.24) is 5.48 Å². The van der Waals surface area contributed by atoms with E-state index in [1.165, 1.54) is 0 Å². The third kappa shape index (κ3) is 3.66. The molecule has 0 spiro atoms. The zero-order valence-electron chi connectivity index (χ0n) is 11.4. The molecule has 0 radical (unpaired) electrons. The van der Waals surface area contributed by atoms with Crippen LogP contribution in [0.5, 0.6) is 0 Å². The van der Waals surface area contributed by atoms with Gasteiger partial charge in [-0.2, -0.15) is 5.48 Å². The number of aryl methyl sites for hydroxylation is 1. The largest absolute Gasteiger partial charge is 0.368 e. The number of carbonyl (C=O) groups excluding carboxylic acids is 1. The van der Waals surface area contributed by atoms with Gasteiger partial charge >= 0.3 is 0 Å². The number of nitrogens with one attached hydrogen (secondary N) is 1. The Kier molecular flexibility index (Phi) is 4.87. The highest BCUT2D eigenvalue weighted by Crippen LogP contribution is 2.24. The van der Waals surface area contributed by atoms with Gasteiger partial charge in [-0.05, 0) is 23.6 Å². The van der Waals surface area contributed by atoms with Crippen LogP contribution in [-0.4, -0.2) is 12.5 Å². The first-order valence-electron chi connectivity index (χ1n) is 6.44. The molecule has 0 saturated carbocycles. The molecule has 0 aromatic heterocycles. The van der Waals surface area contributed by atoms with Crippen molar-refractivity contribution in [2.24, 2.45) is 5.73 Å². The Labute approximate surface area is 118 Å². The van der Waals surface area contributed by atoms with Gasteiger partial charge in [0.25, 0.3) is 0 Å². The Morgan fingerprint density at radius 3 is 2.45 bits per heavy atom. The van der Waals surface area contributed by atoms with Gasteiger partial charge in [-0.25, -0.2) is 0 Å². The van der Waals surface area contributed by atoms with E-state index < -0.39 is 5.91 Å². The van der Waals surface area contributed by atoms with Gasteiger partial charge in [-0.15, -0.1) is 0 Å². The topological polar surface area (TPSA) is 64.3 Å². The highest BCUT2D eigenvalue weighted by molar-refractivity contribution is 5.74. The quantitative estimate of drug-likeness (QED) is 0.790. The molecule has 2 aromatic rings. The first-order valence-corrected chi connectivity index (χ1v) is 6.44. The van der Waals surface area contributed by atoms with Crippen LogP contribution in [0.1, 0.15) is 22.7 Å². The molecule has 0 heterocycles. The van der Waals surface area contributed by atoms with Crippen molar-refractivity contribution in [2.45, 2.75) is 13.0 Å². The molecule has 3 N–H and O–H groups in total. The van der Waals surface area contributed by atoms with E-state index in [1.54, 1.807) is 0 Å². The van der Waals surface area contributed by atoms with Crippen molar-refractivity contribution in [1.29, 1.82) is 0 Å². The minimum atomic E-state index is -0.505. The zero-order valence-corrected chi connectivity index (χ0v) is 11.4. The van der Waals surface area contributed by atoms with Gasteiger partial charge in [0.05, 0.1) is 6.04 Å². The number of amides is 1. The molecule has 1 amide bonds. The third-order valence-electron chi connectivity index (χ3n) is 3.05. The molecule has 2 aromatic carbocycles. The van der Waals surface area contributed by atoms with E-state index in [0.717, 1.165) is 16.7 Å². The van der Waals surface area contributed by atoms with Crippen LogP contribution in [0.25, 0.3) is 0 Å². The van der Waals surface area contributed by atoms with E-state index in [1.807, 2.05) is 61.5 Å². The maximum atomic E-state index is 10.8. The molecule has 0 aliphatic carbocycles. The van der Waals surface area contributed by atoms with Gasteiger partial charge < -0.3 is 5.73 Å². The molecular formula is C16H18N2O2. The lowest BCUT2D eigenvalue weighted by atomic mass is 9.96. The van der Waals surface area contributed by atoms with E-state index in [4.69, 9.17) is 10.6 Å². The number of benzene rings is 2. The molecule has 104 valence electrons. The number of primary amides is 1. The predicted octanol–water partition coefficient (Wildman–Crippen LogP) is 2.09. The molecule has 4 heteroatoms. The molecule has 2 rings (SSSR count). The first-order chi connectivity index (χ1) is 9.68. The number of hydroxylamine groups is 1. The fourth-order valence-corrected chi connectivity index (χ4v) is 2.06. The molecule has 0 aliphatic heterocycles. The summed E-state index contributed by atoms with van der Waals surface area (Å²) in [5, 5.41) is 0. The zero-order chi connectivity index (χ0) is 14.4. The van der Waals surface area contributed by atoms with Gasteiger partial charge in [-0.1, -0.05) is 54.6 Å². The summed E-state index contributed by atoms with van der Waals surface area (Å²) < 4.78 is 0. The molecule has 4 nitrogen and oxygen atoms in total. The summed E-state index contributed by atoms with van der Waals surface area (Å²) in [7, 11) is 0. The Balaban J connectivity index is 2.25. The summed E-state index contributed by atoms with van der Waals surface area (Å²) in [6, 6.07) is 17.8. The van der Waals surface area contributed by atoms with E-state index in [0.29, 0.717) is 0 Å². The van der Waals surface area contributed by atoms with Crippen LogP contribution in [0.2, 0.25) is 0 Å². The van der Waals surface area contributed by atoms with Crippen molar-refractivity contribution >= 4 is 5.91 Å². The highest BCUT2D eigenvalue weighted by Gasteiger charge is 2.15. The SMILES string of the molecule is Cc1ccccc1C(NOCC(N)=O)c1ccccc1. The van der Waals surface area contributed by atoms with E-state index >= 15 is 0 Å². The molecule has 0 aliphatic rings. The van der Waals surface area contributed by atoms with Crippen LogP contribution in [-0.2, 0) is 9.63 Å². The van der Waals surface area contributed by atoms with Crippen molar-refractivity contribution in [2.75, 3.05) is 6.61 Å². The second-order valence-corrected chi connectivity index (χ2v) is 4.57. The van der Waals surface area contributed by atoms with Crippen LogP contribution in [0.4, 0.5) is 0 Å². The summed E-state index contributed by atoms with van der Waals surface area (Å²) in [5.74, 6) is -0.505. The summed E-state index contributed by atoms with van der Waals surface area (Å²) in [6.07, 6.45) is 0.